The van der Waals surface area contributed by atoms with E-state index in [0.29, 0.717) is 22.6 Å². The van der Waals surface area contributed by atoms with E-state index in [0.717, 1.165) is 4.68 Å². The summed E-state index contributed by atoms with van der Waals surface area (Å²) in [5.41, 5.74) is 2.09. The molecular formula is C22H19ClF2N6O3. The second kappa shape index (κ2) is 9.56. The third-order valence-corrected chi connectivity index (χ3v) is 5.46. The van der Waals surface area contributed by atoms with Crippen LogP contribution in [0.3, 0.4) is 0 Å². The fourth-order valence-electron chi connectivity index (χ4n) is 3.40. The number of rotatable bonds is 7. The molecule has 4 aromatic rings. The lowest BCUT2D eigenvalue weighted by atomic mass is 10.1. The molecule has 3 aromatic heterocycles. The van der Waals surface area contributed by atoms with Gasteiger partial charge in [0.2, 0.25) is 5.91 Å². The Balaban J connectivity index is 1.57. The Morgan fingerprint density at radius 2 is 2.06 bits per heavy atom. The quantitative estimate of drug-likeness (QED) is 0.389. The van der Waals surface area contributed by atoms with E-state index in [4.69, 9.17) is 16.3 Å². The van der Waals surface area contributed by atoms with Crippen LogP contribution in [-0.2, 0) is 16.1 Å². The first-order valence-corrected chi connectivity index (χ1v) is 10.6. The van der Waals surface area contributed by atoms with Gasteiger partial charge in [-0.3, -0.25) is 9.48 Å². The minimum absolute atomic E-state index is 0.159. The summed E-state index contributed by atoms with van der Waals surface area (Å²) in [6.07, 6.45) is 0.0993. The molecule has 0 spiro atoms. The number of halogens is 3. The maximum atomic E-state index is 13.0. The highest BCUT2D eigenvalue weighted by Crippen LogP contribution is 2.29. The Morgan fingerprint density at radius 1 is 1.26 bits per heavy atom. The summed E-state index contributed by atoms with van der Waals surface area (Å²) in [6, 6.07) is 8.66. The lowest BCUT2D eigenvalue weighted by Crippen LogP contribution is -2.20. The van der Waals surface area contributed by atoms with Gasteiger partial charge in [0.25, 0.3) is 6.43 Å². The van der Waals surface area contributed by atoms with Gasteiger partial charge >= 0.3 is 5.97 Å². The van der Waals surface area contributed by atoms with Crippen LogP contribution in [0.1, 0.15) is 35.1 Å². The number of benzene rings is 1. The maximum Gasteiger partial charge on any atom is 0.343 e. The number of ether oxygens (including phenoxy) is 1. The van der Waals surface area contributed by atoms with Gasteiger partial charge in [-0.1, -0.05) is 23.7 Å². The molecule has 0 unspecified atom stereocenters. The standard InChI is InChI=1S/C22H19ClF2N6O3/c1-3-34-22(33)15-10-27-31-16(7-8-26-21(15)31)13-5-4-6-14(9-13)28-17(32)11-30-12(2)18(23)19(29-30)20(24)25/h4-10,20H,3,11H2,1-2H3,(H,28,32). The Bertz CT molecular complexity index is 1380. The van der Waals surface area contributed by atoms with Gasteiger partial charge in [0.05, 0.1) is 29.2 Å². The van der Waals surface area contributed by atoms with Crippen LogP contribution < -0.4 is 5.32 Å². The third kappa shape index (κ3) is 4.46. The minimum atomic E-state index is -2.84. The summed E-state index contributed by atoms with van der Waals surface area (Å²) in [5, 5.41) is 10.6. The van der Waals surface area contributed by atoms with Crippen LogP contribution in [0.4, 0.5) is 14.5 Å². The number of nitrogens with one attached hydrogen (secondary N) is 1. The summed E-state index contributed by atoms with van der Waals surface area (Å²) >= 11 is 5.89. The number of esters is 1. The molecular weight excluding hydrogens is 470 g/mol. The van der Waals surface area contributed by atoms with Gasteiger partial charge in [0.15, 0.2) is 5.65 Å². The summed E-state index contributed by atoms with van der Waals surface area (Å²) < 4.78 is 33.7. The second-order valence-electron chi connectivity index (χ2n) is 7.22. The Hall–Kier alpha value is -3.86. The van der Waals surface area contributed by atoms with Crippen molar-refractivity contribution in [2.24, 2.45) is 0 Å². The summed E-state index contributed by atoms with van der Waals surface area (Å²) in [7, 11) is 0. The van der Waals surface area contributed by atoms with Gasteiger partial charge in [-0.2, -0.15) is 10.2 Å². The van der Waals surface area contributed by atoms with E-state index in [1.54, 1.807) is 37.4 Å². The molecule has 0 saturated heterocycles. The van der Waals surface area contributed by atoms with Gasteiger partial charge < -0.3 is 10.1 Å². The number of anilines is 1. The lowest BCUT2D eigenvalue weighted by Gasteiger charge is -2.10. The van der Waals surface area contributed by atoms with Crippen molar-refractivity contribution >= 4 is 34.8 Å². The highest BCUT2D eigenvalue weighted by molar-refractivity contribution is 6.31. The van der Waals surface area contributed by atoms with Crippen LogP contribution in [0, 0.1) is 6.92 Å². The maximum absolute atomic E-state index is 13.0. The van der Waals surface area contributed by atoms with Crippen LogP contribution in [-0.4, -0.2) is 42.9 Å². The molecule has 0 bridgehead atoms. The molecule has 4 rings (SSSR count). The number of carbonyl (C=O) groups is 2. The van der Waals surface area contributed by atoms with Crippen molar-refractivity contribution in [3.05, 3.63) is 64.7 Å². The van der Waals surface area contributed by atoms with E-state index in [1.165, 1.54) is 17.6 Å². The number of carbonyl (C=O) groups excluding carboxylic acids is 2. The smallest absolute Gasteiger partial charge is 0.343 e. The van der Waals surface area contributed by atoms with Crippen LogP contribution in [0.5, 0.6) is 0 Å². The number of nitrogens with zero attached hydrogens (tertiary/aromatic N) is 5. The molecule has 0 saturated carbocycles. The molecule has 9 nitrogen and oxygen atoms in total. The van der Waals surface area contributed by atoms with Crippen LogP contribution >= 0.6 is 11.6 Å². The molecule has 0 aliphatic heterocycles. The van der Waals surface area contributed by atoms with Crippen molar-refractivity contribution < 1.29 is 23.1 Å². The molecule has 176 valence electrons. The average molecular weight is 489 g/mol. The molecule has 0 aliphatic carbocycles. The second-order valence-corrected chi connectivity index (χ2v) is 7.59. The Kier molecular flexibility index (Phi) is 6.55. The van der Waals surface area contributed by atoms with E-state index in [9.17, 15) is 18.4 Å². The Labute approximate surface area is 197 Å². The van der Waals surface area contributed by atoms with Gasteiger partial charge in [0, 0.05) is 17.4 Å². The number of hydrogen-bond acceptors (Lipinski definition) is 6. The normalized spacial score (nSPS) is 11.2. The molecule has 34 heavy (non-hydrogen) atoms. The molecule has 12 heteroatoms. The third-order valence-electron chi connectivity index (χ3n) is 5.00. The molecule has 3 heterocycles. The highest BCUT2D eigenvalue weighted by atomic mass is 35.5. The largest absolute Gasteiger partial charge is 0.462 e. The zero-order valence-electron chi connectivity index (χ0n) is 18.1. The summed E-state index contributed by atoms with van der Waals surface area (Å²) in [6.45, 7) is 3.16. The van der Waals surface area contributed by atoms with Crippen LogP contribution in [0.15, 0.2) is 42.7 Å². The SMILES string of the molecule is CCOC(=O)c1cnn2c(-c3cccc(NC(=O)Cn4nc(C(F)F)c(Cl)c4C)c3)ccnc12. The van der Waals surface area contributed by atoms with Gasteiger partial charge in [-0.05, 0) is 32.0 Å². The molecule has 0 atom stereocenters. The lowest BCUT2D eigenvalue weighted by molar-refractivity contribution is -0.117. The fraction of sp³-hybridized carbons (Fsp3) is 0.227. The predicted octanol–water partition coefficient (Wildman–Crippen LogP) is 4.31. The van der Waals surface area contributed by atoms with Crippen LogP contribution in [0.2, 0.25) is 5.02 Å². The van der Waals surface area contributed by atoms with E-state index >= 15 is 0 Å². The van der Waals surface area contributed by atoms with Crippen molar-refractivity contribution in [2.75, 3.05) is 11.9 Å². The monoisotopic (exact) mass is 488 g/mol. The molecule has 1 N–H and O–H groups in total. The molecule has 1 aromatic carbocycles. The van der Waals surface area contributed by atoms with Crippen LogP contribution in [0.25, 0.3) is 16.9 Å². The number of hydrogen-bond donors (Lipinski definition) is 1. The van der Waals surface area contributed by atoms with Gasteiger partial charge in [-0.15, -0.1) is 0 Å². The number of alkyl halides is 2. The summed E-state index contributed by atoms with van der Waals surface area (Å²) in [5.74, 6) is -0.990. The fourth-order valence-corrected chi connectivity index (χ4v) is 3.61. The number of aromatic nitrogens is 5. The molecule has 0 aliphatic rings. The van der Waals surface area contributed by atoms with Crippen molar-refractivity contribution in [2.45, 2.75) is 26.8 Å². The molecule has 0 radical (unpaired) electrons. The zero-order valence-corrected chi connectivity index (χ0v) is 18.9. The first-order chi connectivity index (χ1) is 16.3. The average Bonchev–Trinajstić information content (AvgIpc) is 3.36. The first-order valence-electron chi connectivity index (χ1n) is 10.2. The summed E-state index contributed by atoms with van der Waals surface area (Å²) in [4.78, 5) is 28.9. The van der Waals surface area contributed by atoms with Gasteiger partial charge in [0.1, 0.15) is 17.8 Å². The van der Waals surface area contributed by atoms with Crippen molar-refractivity contribution in [1.29, 1.82) is 0 Å². The minimum Gasteiger partial charge on any atom is -0.462 e. The van der Waals surface area contributed by atoms with Crippen molar-refractivity contribution in [3.63, 3.8) is 0 Å². The Morgan fingerprint density at radius 3 is 2.76 bits per heavy atom. The van der Waals surface area contributed by atoms with E-state index in [-0.39, 0.29) is 29.4 Å². The van der Waals surface area contributed by atoms with E-state index in [2.05, 4.69) is 20.5 Å². The highest BCUT2D eigenvalue weighted by Gasteiger charge is 2.22. The van der Waals surface area contributed by atoms with Gasteiger partial charge in [-0.25, -0.2) is 23.1 Å². The van der Waals surface area contributed by atoms with E-state index < -0.39 is 24.0 Å². The topological polar surface area (TPSA) is 103 Å². The van der Waals surface area contributed by atoms with Crippen molar-refractivity contribution in [1.82, 2.24) is 24.4 Å². The number of fused-ring (bicyclic) bond motifs is 1. The first kappa shape index (κ1) is 23.3. The number of amides is 1. The molecule has 0 fully saturated rings. The predicted molar refractivity (Wildman–Crippen MR) is 120 cm³/mol. The molecule has 1 amide bonds. The zero-order chi connectivity index (χ0) is 24.4. The van der Waals surface area contributed by atoms with E-state index in [1.807, 2.05) is 6.07 Å². The van der Waals surface area contributed by atoms with Crippen molar-refractivity contribution in [3.8, 4) is 11.3 Å².